The molecule has 1 aliphatic rings. The van der Waals surface area contributed by atoms with Gasteiger partial charge in [-0.15, -0.1) is 0 Å². The smallest absolute Gasteiger partial charge is 0.0624 e. The number of hydrogen-bond acceptors (Lipinski definition) is 2. The zero-order chi connectivity index (χ0) is 13.1. The lowest BCUT2D eigenvalue weighted by Crippen LogP contribution is -2.41. The fourth-order valence-corrected chi connectivity index (χ4v) is 3.32. The van der Waals surface area contributed by atoms with E-state index >= 15 is 0 Å². The van der Waals surface area contributed by atoms with Gasteiger partial charge in [-0.3, -0.25) is 11.3 Å². The molecule has 1 aromatic carbocycles. The number of benzene rings is 1. The van der Waals surface area contributed by atoms with Crippen molar-refractivity contribution in [2.75, 3.05) is 0 Å². The molecular weight excluding hydrogens is 267 g/mol. The molecule has 0 radical (unpaired) electrons. The van der Waals surface area contributed by atoms with Crippen LogP contribution in [0.15, 0.2) is 18.2 Å². The van der Waals surface area contributed by atoms with Crippen LogP contribution in [0.5, 0.6) is 0 Å². The molecule has 0 aromatic heterocycles. The summed E-state index contributed by atoms with van der Waals surface area (Å²) in [6.07, 6.45) is 4.63. The van der Waals surface area contributed by atoms with Crippen molar-refractivity contribution in [3.8, 4) is 0 Å². The van der Waals surface area contributed by atoms with Crippen LogP contribution in [0.4, 0.5) is 0 Å². The summed E-state index contributed by atoms with van der Waals surface area (Å²) in [7, 11) is 0. The molecule has 0 heterocycles. The monoisotopic (exact) mass is 286 g/mol. The van der Waals surface area contributed by atoms with Crippen LogP contribution in [0.1, 0.15) is 31.7 Å². The van der Waals surface area contributed by atoms with Crippen molar-refractivity contribution < 1.29 is 0 Å². The Bertz CT molecular complexity index is 409. The minimum absolute atomic E-state index is 0.283. The highest BCUT2D eigenvalue weighted by molar-refractivity contribution is 6.42. The van der Waals surface area contributed by atoms with Crippen LogP contribution >= 0.6 is 23.2 Å². The first-order valence-corrected chi connectivity index (χ1v) is 7.26. The summed E-state index contributed by atoms with van der Waals surface area (Å²) >= 11 is 12.3. The highest BCUT2D eigenvalue weighted by Crippen LogP contribution is 2.35. The lowest BCUT2D eigenvalue weighted by atomic mass is 9.92. The van der Waals surface area contributed by atoms with Gasteiger partial charge in [0.1, 0.15) is 0 Å². The molecule has 0 amide bonds. The Balaban J connectivity index is 2.08. The van der Waals surface area contributed by atoms with Crippen LogP contribution in [-0.2, 0) is 6.42 Å². The van der Waals surface area contributed by atoms with E-state index in [1.807, 2.05) is 18.2 Å². The van der Waals surface area contributed by atoms with E-state index in [0.29, 0.717) is 16.0 Å². The molecule has 0 spiro atoms. The molecule has 1 aromatic rings. The molecular formula is C14H20Cl2N2. The van der Waals surface area contributed by atoms with Crippen molar-refractivity contribution >= 4 is 23.2 Å². The SMILES string of the molecule is CC1CCC(C(Cc2cccc(Cl)c2Cl)NN)C1. The van der Waals surface area contributed by atoms with Gasteiger partial charge in [0.15, 0.2) is 0 Å². The van der Waals surface area contributed by atoms with Crippen LogP contribution in [0.3, 0.4) is 0 Å². The van der Waals surface area contributed by atoms with Gasteiger partial charge in [-0.2, -0.15) is 0 Å². The average Bonchev–Trinajstić information content (AvgIpc) is 2.78. The highest BCUT2D eigenvalue weighted by atomic mass is 35.5. The number of hydrazine groups is 1. The van der Waals surface area contributed by atoms with Gasteiger partial charge < -0.3 is 0 Å². The van der Waals surface area contributed by atoms with Crippen LogP contribution in [0.25, 0.3) is 0 Å². The molecule has 0 saturated heterocycles. The Morgan fingerprint density at radius 3 is 2.78 bits per heavy atom. The zero-order valence-electron chi connectivity index (χ0n) is 10.6. The van der Waals surface area contributed by atoms with Crippen LogP contribution < -0.4 is 11.3 Å². The molecule has 3 N–H and O–H groups in total. The maximum Gasteiger partial charge on any atom is 0.0624 e. The Labute approximate surface area is 119 Å². The molecule has 4 heteroatoms. The summed E-state index contributed by atoms with van der Waals surface area (Å²) in [4.78, 5) is 0. The highest BCUT2D eigenvalue weighted by Gasteiger charge is 2.28. The Morgan fingerprint density at radius 1 is 1.39 bits per heavy atom. The van der Waals surface area contributed by atoms with E-state index in [2.05, 4.69) is 12.3 Å². The van der Waals surface area contributed by atoms with E-state index in [4.69, 9.17) is 29.0 Å². The minimum atomic E-state index is 0.283. The van der Waals surface area contributed by atoms with Gasteiger partial charge >= 0.3 is 0 Å². The van der Waals surface area contributed by atoms with E-state index in [1.165, 1.54) is 19.3 Å². The number of halogens is 2. The summed E-state index contributed by atoms with van der Waals surface area (Å²) in [5.74, 6) is 7.15. The molecule has 18 heavy (non-hydrogen) atoms. The predicted octanol–water partition coefficient (Wildman–Crippen LogP) is 3.80. The molecule has 3 atom stereocenters. The van der Waals surface area contributed by atoms with Gasteiger partial charge in [0.05, 0.1) is 10.0 Å². The first-order valence-electron chi connectivity index (χ1n) is 6.50. The van der Waals surface area contributed by atoms with Crippen molar-refractivity contribution in [2.24, 2.45) is 17.7 Å². The topological polar surface area (TPSA) is 38.0 Å². The third kappa shape index (κ3) is 3.18. The molecule has 0 bridgehead atoms. The lowest BCUT2D eigenvalue weighted by molar-refractivity contribution is 0.353. The van der Waals surface area contributed by atoms with E-state index in [1.54, 1.807) is 0 Å². The van der Waals surface area contributed by atoms with Crippen molar-refractivity contribution in [3.05, 3.63) is 33.8 Å². The molecule has 1 aliphatic carbocycles. The van der Waals surface area contributed by atoms with Crippen LogP contribution in [0.2, 0.25) is 10.0 Å². The van der Waals surface area contributed by atoms with Crippen molar-refractivity contribution in [3.63, 3.8) is 0 Å². The second kappa shape index (κ2) is 6.25. The average molecular weight is 287 g/mol. The molecule has 100 valence electrons. The molecule has 0 aliphatic heterocycles. The van der Waals surface area contributed by atoms with Gasteiger partial charge in [0.2, 0.25) is 0 Å². The van der Waals surface area contributed by atoms with E-state index < -0.39 is 0 Å². The predicted molar refractivity (Wildman–Crippen MR) is 77.8 cm³/mol. The van der Waals surface area contributed by atoms with E-state index in [9.17, 15) is 0 Å². The maximum absolute atomic E-state index is 6.23. The quantitative estimate of drug-likeness (QED) is 0.653. The van der Waals surface area contributed by atoms with Gasteiger partial charge in [-0.1, -0.05) is 48.7 Å². The van der Waals surface area contributed by atoms with Gasteiger partial charge in [-0.25, -0.2) is 0 Å². The van der Waals surface area contributed by atoms with E-state index in [-0.39, 0.29) is 6.04 Å². The fraction of sp³-hybridized carbons (Fsp3) is 0.571. The largest absolute Gasteiger partial charge is 0.271 e. The summed E-state index contributed by atoms with van der Waals surface area (Å²) in [5, 5.41) is 1.27. The van der Waals surface area contributed by atoms with Crippen molar-refractivity contribution in [1.29, 1.82) is 0 Å². The lowest BCUT2D eigenvalue weighted by Gasteiger charge is -2.23. The second-order valence-corrected chi connectivity index (χ2v) is 6.15. The zero-order valence-corrected chi connectivity index (χ0v) is 12.1. The molecule has 1 saturated carbocycles. The Morgan fingerprint density at radius 2 is 2.17 bits per heavy atom. The first kappa shape index (κ1) is 14.1. The molecule has 2 rings (SSSR count). The van der Waals surface area contributed by atoms with Gasteiger partial charge in [0.25, 0.3) is 0 Å². The standard InChI is InChI=1S/C14H20Cl2N2/c1-9-5-6-10(7-9)13(18-17)8-11-3-2-4-12(15)14(11)16/h2-4,9-10,13,18H,5-8,17H2,1H3. The molecule has 2 nitrogen and oxygen atoms in total. The Hall–Kier alpha value is -0.280. The molecule has 1 fully saturated rings. The number of nitrogens with one attached hydrogen (secondary N) is 1. The number of rotatable bonds is 4. The molecule has 3 unspecified atom stereocenters. The van der Waals surface area contributed by atoms with Gasteiger partial charge in [-0.05, 0) is 42.7 Å². The number of hydrogen-bond donors (Lipinski definition) is 2. The number of nitrogens with two attached hydrogens (primary N) is 1. The van der Waals surface area contributed by atoms with E-state index in [0.717, 1.165) is 17.9 Å². The van der Waals surface area contributed by atoms with Crippen molar-refractivity contribution in [1.82, 2.24) is 5.43 Å². The van der Waals surface area contributed by atoms with Crippen LogP contribution in [0, 0.1) is 11.8 Å². The normalized spacial score (nSPS) is 25.3. The maximum atomic E-state index is 6.23. The summed E-state index contributed by atoms with van der Waals surface area (Å²) in [5.41, 5.74) is 4.03. The summed E-state index contributed by atoms with van der Waals surface area (Å²) in [6, 6.07) is 6.06. The second-order valence-electron chi connectivity index (χ2n) is 5.37. The Kier molecular flexibility index (Phi) is 4.91. The minimum Gasteiger partial charge on any atom is -0.271 e. The first-order chi connectivity index (χ1) is 8.61. The van der Waals surface area contributed by atoms with Gasteiger partial charge in [0, 0.05) is 6.04 Å². The third-order valence-corrected chi connectivity index (χ3v) is 4.85. The third-order valence-electron chi connectivity index (χ3n) is 3.99. The summed E-state index contributed by atoms with van der Waals surface area (Å²) in [6.45, 7) is 2.31. The van der Waals surface area contributed by atoms with Crippen LogP contribution in [-0.4, -0.2) is 6.04 Å². The fourth-order valence-electron chi connectivity index (χ4n) is 2.92. The van der Waals surface area contributed by atoms with Crippen molar-refractivity contribution in [2.45, 2.75) is 38.6 Å². The summed E-state index contributed by atoms with van der Waals surface area (Å²) < 4.78 is 0.